The van der Waals surface area contributed by atoms with Crippen LogP contribution >= 0.6 is 0 Å². The molecule has 0 radical (unpaired) electrons. The molecule has 0 aromatic heterocycles. The molecule has 1 aliphatic heterocycles. The summed E-state index contributed by atoms with van der Waals surface area (Å²) in [6, 6.07) is 0.381. The molecule has 1 saturated heterocycles. The third-order valence-corrected chi connectivity index (χ3v) is 1.70. The number of hydrogen-bond acceptors (Lipinski definition) is 2. The van der Waals surface area contributed by atoms with Gasteiger partial charge in [-0.05, 0) is 13.3 Å². The van der Waals surface area contributed by atoms with E-state index in [0.29, 0.717) is 12.6 Å². The predicted octanol–water partition coefficient (Wildman–Crippen LogP) is 0.0690. The fourth-order valence-corrected chi connectivity index (χ4v) is 1.13. The number of hydrogen-bond donors (Lipinski definition) is 2. The molecule has 1 heterocycles. The standard InChI is InChI=1S/C6H11NO2/c1-4-2-5(3-7-4)6(8)9/h4-5,7H,2-3H2,1H3,(H,8,9)/t4-,5?/m1/s1. The van der Waals surface area contributed by atoms with E-state index in [2.05, 4.69) is 5.32 Å². The first-order chi connectivity index (χ1) is 4.20. The van der Waals surface area contributed by atoms with Gasteiger partial charge >= 0.3 is 5.97 Å². The molecule has 0 amide bonds. The number of carbonyl (C=O) groups is 1. The van der Waals surface area contributed by atoms with E-state index in [1.165, 1.54) is 0 Å². The van der Waals surface area contributed by atoms with Crippen LogP contribution in [0.2, 0.25) is 0 Å². The van der Waals surface area contributed by atoms with Crippen molar-refractivity contribution in [2.24, 2.45) is 5.92 Å². The molecule has 3 heteroatoms. The van der Waals surface area contributed by atoms with Gasteiger partial charge in [-0.15, -0.1) is 0 Å². The third-order valence-electron chi connectivity index (χ3n) is 1.70. The zero-order valence-electron chi connectivity index (χ0n) is 5.42. The number of nitrogens with one attached hydrogen (secondary N) is 1. The Labute approximate surface area is 54.1 Å². The second-order valence-electron chi connectivity index (χ2n) is 2.58. The van der Waals surface area contributed by atoms with Crippen LogP contribution in [0.3, 0.4) is 0 Å². The Balaban J connectivity index is 2.39. The quantitative estimate of drug-likeness (QED) is 0.526. The summed E-state index contributed by atoms with van der Waals surface area (Å²) in [5, 5.41) is 11.6. The second-order valence-corrected chi connectivity index (χ2v) is 2.58. The number of carboxylic acids is 1. The fourth-order valence-electron chi connectivity index (χ4n) is 1.13. The minimum Gasteiger partial charge on any atom is -0.481 e. The van der Waals surface area contributed by atoms with Crippen molar-refractivity contribution in [1.29, 1.82) is 0 Å². The molecule has 0 spiro atoms. The third kappa shape index (κ3) is 1.42. The van der Waals surface area contributed by atoms with Gasteiger partial charge in [0.25, 0.3) is 0 Å². The molecule has 0 aromatic rings. The summed E-state index contributed by atoms with van der Waals surface area (Å²) < 4.78 is 0. The van der Waals surface area contributed by atoms with Crippen LogP contribution in [0.15, 0.2) is 0 Å². The first-order valence-electron chi connectivity index (χ1n) is 3.16. The minimum atomic E-state index is -0.674. The monoisotopic (exact) mass is 129 g/mol. The molecule has 0 bridgehead atoms. The molecule has 1 unspecified atom stereocenters. The van der Waals surface area contributed by atoms with Gasteiger partial charge in [-0.2, -0.15) is 0 Å². The highest BCUT2D eigenvalue weighted by molar-refractivity contribution is 5.70. The minimum absolute atomic E-state index is 0.153. The SMILES string of the molecule is C[C@@H]1CC(C(=O)O)CN1. The van der Waals surface area contributed by atoms with Gasteiger partial charge < -0.3 is 10.4 Å². The Kier molecular flexibility index (Phi) is 1.71. The van der Waals surface area contributed by atoms with Crippen LogP contribution in [-0.2, 0) is 4.79 Å². The maximum Gasteiger partial charge on any atom is 0.307 e. The predicted molar refractivity (Wildman–Crippen MR) is 33.2 cm³/mol. The van der Waals surface area contributed by atoms with Crippen molar-refractivity contribution in [3.05, 3.63) is 0 Å². The molecule has 9 heavy (non-hydrogen) atoms. The lowest BCUT2D eigenvalue weighted by molar-refractivity contribution is -0.141. The molecular weight excluding hydrogens is 118 g/mol. The molecule has 2 atom stereocenters. The molecule has 2 N–H and O–H groups in total. The van der Waals surface area contributed by atoms with E-state index in [-0.39, 0.29) is 5.92 Å². The highest BCUT2D eigenvalue weighted by Gasteiger charge is 2.25. The summed E-state index contributed by atoms with van der Waals surface area (Å²) in [7, 11) is 0. The summed E-state index contributed by atoms with van der Waals surface area (Å²) >= 11 is 0. The zero-order valence-corrected chi connectivity index (χ0v) is 5.42. The van der Waals surface area contributed by atoms with Gasteiger partial charge in [0.1, 0.15) is 0 Å². The average Bonchev–Trinajstić information content (AvgIpc) is 2.14. The van der Waals surface area contributed by atoms with Gasteiger partial charge in [0.05, 0.1) is 5.92 Å². The van der Waals surface area contributed by atoms with E-state index in [4.69, 9.17) is 5.11 Å². The van der Waals surface area contributed by atoms with Gasteiger partial charge in [0, 0.05) is 12.6 Å². The normalized spacial score (nSPS) is 34.8. The first-order valence-corrected chi connectivity index (χ1v) is 3.16. The van der Waals surface area contributed by atoms with Crippen molar-refractivity contribution in [2.45, 2.75) is 19.4 Å². The van der Waals surface area contributed by atoms with Crippen LogP contribution in [0.25, 0.3) is 0 Å². The summed E-state index contributed by atoms with van der Waals surface area (Å²) in [5.41, 5.74) is 0. The lowest BCUT2D eigenvalue weighted by Crippen LogP contribution is -2.18. The number of rotatable bonds is 1. The Morgan fingerprint density at radius 3 is 2.67 bits per heavy atom. The number of aliphatic carboxylic acids is 1. The van der Waals surface area contributed by atoms with Crippen LogP contribution < -0.4 is 5.32 Å². The highest BCUT2D eigenvalue weighted by Crippen LogP contribution is 2.12. The smallest absolute Gasteiger partial charge is 0.307 e. The first kappa shape index (κ1) is 6.55. The number of carboxylic acid groups (broad SMARTS) is 1. The van der Waals surface area contributed by atoms with Gasteiger partial charge in [-0.3, -0.25) is 4.79 Å². The Morgan fingerprint density at radius 2 is 2.44 bits per heavy atom. The average molecular weight is 129 g/mol. The molecule has 0 aromatic carbocycles. The molecular formula is C6H11NO2. The van der Waals surface area contributed by atoms with Gasteiger partial charge in [0.2, 0.25) is 0 Å². The van der Waals surface area contributed by atoms with Crippen LogP contribution in [0.4, 0.5) is 0 Å². The van der Waals surface area contributed by atoms with Gasteiger partial charge in [-0.25, -0.2) is 0 Å². The van der Waals surface area contributed by atoms with Crippen molar-refractivity contribution >= 4 is 5.97 Å². The second kappa shape index (κ2) is 2.35. The van der Waals surface area contributed by atoms with E-state index in [1.54, 1.807) is 0 Å². The van der Waals surface area contributed by atoms with Gasteiger partial charge in [-0.1, -0.05) is 0 Å². The lowest BCUT2D eigenvalue weighted by Gasteiger charge is -1.98. The van der Waals surface area contributed by atoms with E-state index >= 15 is 0 Å². The topological polar surface area (TPSA) is 49.3 Å². The molecule has 1 rings (SSSR count). The van der Waals surface area contributed by atoms with Crippen molar-refractivity contribution in [2.75, 3.05) is 6.54 Å². The van der Waals surface area contributed by atoms with Gasteiger partial charge in [0.15, 0.2) is 0 Å². The van der Waals surface area contributed by atoms with Crippen molar-refractivity contribution in [1.82, 2.24) is 5.32 Å². The maximum absolute atomic E-state index is 10.3. The van der Waals surface area contributed by atoms with E-state index in [0.717, 1.165) is 6.42 Å². The van der Waals surface area contributed by atoms with Crippen LogP contribution in [-0.4, -0.2) is 23.7 Å². The van der Waals surface area contributed by atoms with E-state index in [1.807, 2.05) is 6.92 Å². The van der Waals surface area contributed by atoms with Crippen molar-refractivity contribution in [3.63, 3.8) is 0 Å². The Hall–Kier alpha value is -0.570. The molecule has 0 saturated carbocycles. The molecule has 1 fully saturated rings. The summed E-state index contributed by atoms with van der Waals surface area (Å²) in [6.07, 6.45) is 0.773. The molecule has 52 valence electrons. The van der Waals surface area contributed by atoms with Crippen molar-refractivity contribution < 1.29 is 9.90 Å². The summed E-state index contributed by atoms with van der Waals surface area (Å²) in [4.78, 5) is 10.3. The molecule has 3 nitrogen and oxygen atoms in total. The maximum atomic E-state index is 10.3. The Morgan fingerprint density at radius 1 is 1.78 bits per heavy atom. The zero-order chi connectivity index (χ0) is 6.85. The lowest BCUT2D eigenvalue weighted by atomic mass is 10.1. The van der Waals surface area contributed by atoms with Crippen LogP contribution in [0, 0.1) is 5.92 Å². The van der Waals surface area contributed by atoms with Crippen molar-refractivity contribution in [3.8, 4) is 0 Å². The summed E-state index contributed by atoms with van der Waals surface area (Å²) in [6.45, 7) is 2.64. The fraction of sp³-hybridized carbons (Fsp3) is 0.833. The largest absolute Gasteiger partial charge is 0.481 e. The molecule has 0 aliphatic carbocycles. The summed E-state index contributed by atoms with van der Waals surface area (Å²) in [5.74, 6) is -0.827. The van der Waals surface area contributed by atoms with Crippen LogP contribution in [0.5, 0.6) is 0 Å². The Bertz CT molecular complexity index is 124. The van der Waals surface area contributed by atoms with Crippen LogP contribution in [0.1, 0.15) is 13.3 Å². The molecule has 1 aliphatic rings. The van der Waals surface area contributed by atoms with E-state index in [9.17, 15) is 4.79 Å². The van der Waals surface area contributed by atoms with E-state index < -0.39 is 5.97 Å². The highest BCUT2D eigenvalue weighted by atomic mass is 16.4.